The van der Waals surface area contributed by atoms with Gasteiger partial charge >= 0.3 is 0 Å². The number of nitrogen functional groups attached to an aromatic ring is 1. The van der Waals surface area contributed by atoms with Crippen LogP contribution in [0.25, 0.3) is 0 Å². The van der Waals surface area contributed by atoms with Gasteiger partial charge in [-0.15, -0.1) is 0 Å². The summed E-state index contributed by atoms with van der Waals surface area (Å²) in [5, 5.41) is 0. The lowest BCUT2D eigenvalue weighted by Crippen LogP contribution is -2.10. The summed E-state index contributed by atoms with van der Waals surface area (Å²) in [6.07, 6.45) is 2.73. The fourth-order valence-corrected chi connectivity index (χ4v) is 1.88. The van der Waals surface area contributed by atoms with Crippen LogP contribution in [0.5, 0.6) is 11.6 Å². The number of nitrogens with two attached hydrogens (primary N) is 1. The Morgan fingerprint density at radius 3 is 2.75 bits per heavy atom. The molecule has 0 unspecified atom stereocenters. The van der Waals surface area contributed by atoms with Crippen molar-refractivity contribution in [3.63, 3.8) is 0 Å². The van der Waals surface area contributed by atoms with Gasteiger partial charge in [0.05, 0.1) is 0 Å². The zero-order chi connectivity index (χ0) is 14.4. The van der Waals surface area contributed by atoms with Gasteiger partial charge in [-0.25, -0.2) is 10.8 Å². The van der Waals surface area contributed by atoms with Crippen LogP contribution < -0.4 is 16.0 Å². The molecule has 1 heterocycles. The molecule has 5 nitrogen and oxygen atoms in total. The van der Waals surface area contributed by atoms with Crippen LogP contribution in [-0.2, 0) is 12.8 Å². The molecule has 1 aromatic carbocycles. The minimum atomic E-state index is 0.504. The SMILES string of the molecule is CCCc1nc(NN)cc(Oc2cccc(CC)c2)n1. The normalized spacial score (nSPS) is 10.3. The molecule has 0 saturated heterocycles. The molecule has 0 radical (unpaired) electrons. The number of benzene rings is 1. The molecule has 106 valence electrons. The minimum Gasteiger partial charge on any atom is -0.439 e. The average molecular weight is 272 g/mol. The van der Waals surface area contributed by atoms with Crippen molar-refractivity contribution in [3.8, 4) is 11.6 Å². The standard InChI is InChI=1S/C15H20N4O/c1-3-6-13-17-14(19-16)10-15(18-13)20-12-8-5-7-11(4-2)9-12/h5,7-10H,3-4,6,16H2,1-2H3,(H,17,18,19). The molecule has 0 aliphatic carbocycles. The van der Waals surface area contributed by atoms with E-state index in [1.807, 2.05) is 18.2 Å². The first-order valence-corrected chi connectivity index (χ1v) is 6.86. The lowest BCUT2D eigenvalue weighted by molar-refractivity contribution is 0.458. The molecule has 0 aliphatic rings. The van der Waals surface area contributed by atoms with Gasteiger partial charge in [-0.1, -0.05) is 26.0 Å². The highest BCUT2D eigenvalue weighted by molar-refractivity contribution is 5.39. The minimum absolute atomic E-state index is 0.504. The van der Waals surface area contributed by atoms with Crippen molar-refractivity contribution in [2.24, 2.45) is 5.84 Å². The lowest BCUT2D eigenvalue weighted by atomic mass is 10.2. The van der Waals surface area contributed by atoms with Crippen LogP contribution in [0.3, 0.4) is 0 Å². The van der Waals surface area contributed by atoms with Crippen molar-refractivity contribution >= 4 is 5.82 Å². The van der Waals surface area contributed by atoms with E-state index in [0.717, 1.165) is 30.8 Å². The Balaban J connectivity index is 2.24. The van der Waals surface area contributed by atoms with Gasteiger partial charge in [0.2, 0.25) is 5.88 Å². The van der Waals surface area contributed by atoms with Crippen molar-refractivity contribution in [3.05, 3.63) is 41.7 Å². The second kappa shape index (κ2) is 6.86. The van der Waals surface area contributed by atoms with Gasteiger partial charge in [-0.3, -0.25) is 0 Å². The van der Waals surface area contributed by atoms with Gasteiger partial charge in [0, 0.05) is 12.5 Å². The molecule has 3 N–H and O–H groups in total. The molecule has 20 heavy (non-hydrogen) atoms. The molecule has 0 bridgehead atoms. The molecule has 0 aliphatic heterocycles. The van der Waals surface area contributed by atoms with E-state index in [1.165, 1.54) is 5.56 Å². The Labute approximate surface area is 119 Å². The van der Waals surface area contributed by atoms with E-state index >= 15 is 0 Å². The summed E-state index contributed by atoms with van der Waals surface area (Å²) >= 11 is 0. The van der Waals surface area contributed by atoms with Crippen molar-refractivity contribution in [2.45, 2.75) is 33.1 Å². The molecule has 0 amide bonds. The van der Waals surface area contributed by atoms with Crippen molar-refractivity contribution in [1.82, 2.24) is 9.97 Å². The summed E-state index contributed by atoms with van der Waals surface area (Å²) in [6, 6.07) is 9.66. The third-order valence-electron chi connectivity index (χ3n) is 2.90. The first-order valence-electron chi connectivity index (χ1n) is 6.86. The highest BCUT2D eigenvalue weighted by Crippen LogP contribution is 2.22. The maximum atomic E-state index is 5.80. The van der Waals surface area contributed by atoms with Gasteiger partial charge < -0.3 is 10.2 Å². The number of hydrazine groups is 1. The van der Waals surface area contributed by atoms with Gasteiger partial charge in [-0.05, 0) is 30.5 Å². The van der Waals surface area contributed by atoms with Crippen LogP contribution in [0.15, 0.2) is 30.3 Å². The maximum absolute atomic E-state index is 5.80. The smallest absolute Gasteiger partial charge is 0.224 e. The van der Waals surface area contributed by atoms with Gasteiger partial charge in [0.15, 0.2) is 0 Å². The van der Waals surface area contributed by atoms with Gasteiger partial charge in [0.1, 0.15) is 17.4 Å². The predicted molar refractivity (Wildman–Crippen MR) is 79.7 cm³/mol. The first-order chi connectivity index (χ1) is 9.75. The fourth-order valence-electron chi connectivity index (χ4n) is 1.88. The monoisotopic (exact) mass is 272 g/mol. The average Bonchev–Trinajstić information content (AvgIpc) is 2.47. The largest absolute Gasteiger partial charge is 0.439 e. The number of aromatic nitrogens is 2. The number of nitrogens with one attached hydrogen (secondary N) is 1. The topological polar surface area (TPSA) is 73.1 Å². The summed E-state index contributed by atoms with van der Waals surface area (Å²) in [4.78, 5) is 8.68. The Morgan fingerprint density at radius 1 is 1.20 bits per heavy atom. The van der Waals surface area contributed by atoms with E-state index in [1.54, 1.807) is 6.07 Å². The van der Waals surface area contributed by atoms with E-state index in [-0.39, 0.29) is 0 Å². The Bertz CT molecular complexity index is 572. The van der Waals surface area contributed by atoms with Gasteiger partial charge in [-0.2, -0.15) is 4.98 Å². The van der Waals surface area contributed by atoms with Crippen LogP contribution in [0, 0.1) is 0 Å². The Kier molecular flexibility index (Phi) is 4.90. The lowest BCUT2D eigenvalue weighted by Gasteiger charge is -2.09. The third kappa shape index (κ3) is 3.68. The summed E-state index contributed by atoms with van der Waals surface area (Å²) < 4.78 is 5.80. The molecule has 1 aromatic heterocycles. The van der Waals surface area contributed by atoms with E-state index < -0.39 is 0 Å². The summed E-state index contributed by atoms with van der Waals surface area (Å²) in [5.41, 5.74) is 3.77. The molecule has 5 heteroatoms. The van der Waals surface area contributed by atoms with Crippen molar-refractivity contribution in [2.75, 3.05) is 5.43 Å². The molecular formula is C15H20N4O. The Morgan fingerprint density at radius 2 is 2.05 bits per heavy atom. The number of aryl methyl sites for hydroxylation is 2. The van der Waals surface area contributed by atoms with E-state index in [2.05, 4.69) is 35.3 Å². The fraction of sp³-hybridized carbons (Fsp3) is 0.333. The van der Waals surface area contributed by atoms with Crippen LogP contribution in [0.1, 0.15) is 31.7 Å². The Hall–Kier alpha value is -2.14. The molecule has 0 saturated carbocycles. The number of hydrogen-bond acceptors (Lipinski definition) is 5. The van der Waals surface area contributed by atoms with Gasteiger partial charge in [0.25, 0.3) is 0 Å². The molecule has 0 atom stereocenters. The highest BCUT2D eigenvalue weighted by atomic mass is 16.5. The molecule has 0 fully saturated rings. The van der Waals surface area contributed by atoms with Crippen LogP contribution in [0.4, 0.5) is 5.82 Å². The third-order valence-corrected chi connectivity index (χ3v) is 2.90. The van der Waals surface area contributed by atoms with E-state index in [0.29, 0.717) is 11.7 Å². The quantitative estimate of drug-likeness (QED) is 0.624. The second-order valence-electron chi connectivity index (χ2n) is 4.51. The van der Waals surface area contributed by atoms with Crippen molar-refractivity contribution in [1.29, 1.82) is 0 Å². The first kappa shape index (κ1) is 14.3. The van der Waals surface area contributed by atoms with Crippen LogP contribution in [-0.4, -0.2) is 9.97 Å². The molecule has 2 aromatic rings. The number of hydrogen-bond donors (Lipinski definition) is 2. The second-order valence-corrected chi connectivity index (χ2v) is 4.51. The zero-order valence-electron chi connectivity index (χ0n) is 11.9. The number of rotatable bonds is 6. The van der Waals surface area contributed by atoms with Crippen molar-refractivity contribution < 1.29 is 4.74 Å². The summed E-state index contributed by atoms with van der Waals surface area (Å²) in [5.74, 6) is 7.99. The number of anilines is 1. The molecular weight excluding hydrogens is 252 g/mol. The summed E-state index contributed by atoms with van der Waals surface area (Å²) in [6.45, 7) is 4.19. The highest BCUT2D eigenvalue weighted by Gasteiger charge is 2.06. The molecule has 0 spiro atoms. The zero-order valence-corrected chi connectivity index (χ0v) is 11.9. The maximum Gasteiger partial charge on any atom is 0.224 e. The van der Waals surface area contributed by atoms with Crippen LogP contribution >= 0.6 is 0 Å². The van der Waals surface area contributed by atoms with E-state index in [4.69, 9.17) is 10.6 Å². The predicted octanol–water partition coefficient (Wildman–Crippen LogP) is 3.07. The molecule has 2 rings (SSSR count). The number of nitrogens with zero attached hydrogens (tertiary/aromatic N) is 2. The number of ether oxygens (including phenoxy) is 1. The van der Waals surface area contributed by atoms with Crippen LogP contribution in [0.2, 0.25) is 0 Å². The summed E-state index contributed by atoms with van der Waals surface area (Å²) in [7, 11) is 0. The van der Waals surface area contributed by atoms with E-state index in [9.17, 15) is 0 Å².